The normalized spacial score (nSPS) is 20.9. The Hall–Kier alpha value is -2.75. The third-order valence-corrected chi connectivity index (χ3v) is 7.25. The molecule has 9 heteroatoms. The molecule has 3 rings (SSSR count). The number of nitrogens with zero attached hydrogens (tertiary/aromatic N) is 3. The van der Waals surface area contributed by atoms with E-state index in [1.54, 1.807) is 16.7 Å². The van der Waals surface area contributed by atoms with E-state index in [-0.39, 0.29) is 36.7 Å². The largest absolute Gasteiger partial charge is 0.391 e. The monoisotopic (exact) mass is 512 g/mol. The molecule has 1 fully saturated rings. The SMILES string of the molecule is C/C=C(\NCc1ccc(C2=C(C)N=CCS2)cc1)[C@@H]1C[C@@H](O)CN1C(=O)/C(=N/C(=O)COC)C(C)C. The summed E-state index contributed by atoms with van der Waals surface area (Å²) < 4.78 is 4.85. The van der Waals surface area contributed by atoms with Crippen LogP contribution < -0.4 is 5.32 Å². The number of amides is 2. The van der Waals surface area contributed by atoms with Gasteiger partial charge in [0.2, 0.25) is 0 Å². The van der Waals surface area contributed by atoms with Crippen LogP contribution in [0.3, 0.4) is 0 Å². The lowest BCUT2D eigenvalue weighted by Crippen LogP contribution is -2.45. The average molecular weight is 513 g/mol. The number of hydrogen-bond donors (Lipinski definition) is 2. The molecule has 1 saturated heterocycles. The summed E-state index contributed by atoms with van der Waals surface area (Å²) in [6.45, 7) is 8.18. The zero-order valence-corrected chi connectivity index (χ0v) is 22.5. The number of aliphatic hydroxyl groups is 1. The highest BCUT2D eigenvalue weighted by Crippen LogP contribution is 2.33. The van der Waals surface area contributed by atoms with Gasteiger partial charge >= 0.3 is 0 Å². The number of carbonyl (C=O) groups is 2. The van der Waals surface area contributed by atoms with Gasteiger partial charge in [0, 0.05) is 55.1 Å². The molecule has 0 saturated carbocycles. The van der Waals surface area contributed by atoms with Gasteiger partial charge in [0.25, 0.3) is 11.8 Å². The number of β-amino-alcohol motifs (C(OH)–C–C–N with tert-alkyl or cyclic N) is 1. The number of hydrogen-bond acceptors (Lipinski definition) is 7. The highest BCUT2D eigenvalue weighted by Gasteiger charge is 2.38. The Balaban J connectivity index is 1.72. The Bertz CT molecular complexity index is 1080. The summed E-state index contributed by atoms with van der Waals surface area (Å²) in [5.41, 5.74) is 4.32. The van der Waals surface area contributed by atoms with Gasteiger partial charge in [-0.05, 0) is 25.0 Å². The minimum absolute atomic E-state index is 0.178. The zero-order valence-electron chi connectivity index (χ0n) is 21.7. The fourth-order valence-electron chi connectivity index (χ4n) is 4.33. The predicted octanol–water partition coefficient (Wildman–Crippen LogP) is 3.42. The van der Waals surface area contributed by atoms with E-state index >= 15 is 0 Å². The minimum Gasteiger partial charge on any atom is -0.391 e. The van der Waals surface area contributed by atoms with Gasteiger partial charge in [-0.2, -0.15) is 0 Å². The third kappa shape index (κ3) is 6.93. The predicted molar refractivity (Wildman–Crippen MR) is 146 cm³/mol. The number of aliphatic imine (C=N–C) groups is 2. The first-order valence-electron chi connectivity index (χ1n) is 12.2. The molecule has 0 bridgehead atoms. The number of nitrogens with one attached hydrogen (secondary N) is 1. The molecule has 0 aromatic heterocycles. The second-order valence-corrected chi connectivity index (χ2v) is 10.2. The number of allylic oxidation sites excluding steroid dienone is 2. The summed E-state index contributed by atoms with van der Waals surface area (Å²) in [5.74, 6) is -0.197. The molecule has 0 unspecified atom stereocenters. The maximum Gasteiger partial charge on any atom is 0.272 e. The highest BCUT2D eigenvalue weighted by atomic mass is 32.2. The van der Waals surface area contributed by atoms with Gasteiger partial charge in [0.1, 0.15) is 12.3 Å². The number of aliphatic hydroxyl groups excluding tert-OH is 1. The molecule has 2 heterocycles. The summed E-state index contributed by atoms with van der Waals surface area (Å²) in [6.07, 6.45) is 3.64. The molecular formula is C27H36N4O4S. The molecular weight excluding hydrogens is 476 g/mol. The molecule has 0 radical (unpaired) electrons. The molecule has 2 aliphatic heterocycles. The number of ether oxygens (including phenoxy) is 1. The topological polar surface area (TPSA) is 104 Å². The molecule has 1 aromatic carbocycles. The number of likely N-dealkylation sites (tertiary alicyclic amines) is 1. The van der Waals surface area contributed by atoms with E-state index in [1.807, 2.05) is 40.0 Å². The first kappa shape index (κ1) is 27.8. The van der Waals surface area contributed by atoms with Gasteiger partial charge in [-0.3, -0.25) is 14.6 Å². The second kappa shape index (κ2) is 13.0. The number of methoxy groups -OCH3 is 1. The number of carbonyl (C=O) groups excluding carboxylic acids is 2. The second-order valence-electron chi connectivity index (χ2n) is 9.17. The van der Waals surface area contributed by atoms with E-state index in [0.717, 1.165) is 28.3 Å². The van der Waals surface area contributed by atoms with Crippen molar-refractivity contribution < 1.29 is 19.4 Å². The third-order valence-electron chi connectivity index (χ3n) is 6.12. The molecule has 194 valence electrons. The zero-order chi connectivity index (χ0) is 26.2. The van der Waals surface area contributed by atoms with E-state index < -0.39 is 12.0 Å². The van der Waals surface area contributed by atoms with Gasteiger partial charge in [-0.25, -0.2) is 4.99 Å². The Morgan fingerprint density at radius 2 is 2.06 bits per heavy atom. The van der Waals surface area contributed by atoms with E-state index in [1.165, 1.54) is 12.0 Å². The molecule has 2 amide bonds. The van der Waals surface area contributed by atoms with Crippen LogP contribution in [-0.4, -0.2) is 71.9 Å². The van der Waals surface area contributed by atoms with Crippen LogP contribution in [0, 0.1) is 5.92 Å². The van der Waals surface area contributed by atoms with Crippen molar-refractivity contribution in [2.45, 2.75) is 52.8 Å². The first-order valence-corrected chi connectivity index (χ1v) is 13.2. The van der Waals surface area contributed by atoms with Gasteiger partial charge < -0.3 is 20.1 Å². The standard InChI is InChI=1S/C27H36N4O4S/c1-6-22(29-14-19-7-9-20(10-8-19)26-18(4)28-11-12-36-26)23-13-21(32)15-31(23)27(34)25(17(2)3)30-24(33)16-35-5/h6-11,17,21,23,29,32H,12-16H2,1-5H3/b22-6-,30-25+/t21-,23+/m1/s1. The Labute approximate surface area is 217 Å². The lowest BCUT2D eigenvalue weighted by Gasteiger charge is -2.28. The Morgan fingerprint density at radius 3 is 2.67 bits per heavy atom. The van der Waals surface area contributed by atoms with Crippen LogP contribution in [0.25, 0.3) is 4.91 Å². The molecule has 36 heavy (non-hydrogen) atoms. The van der Waals surface area contributed by atoms with Crippen molar-refractivity contribution in [3.8, 4) is 0 Å². The van der Waals surface area contributed by atoms with Crippen LogP contribution in [-0.2, 0) is 20.9 Å². The summed E-state index contributed by atoms with van der Waals surface area (Å²) in [6, 6.07) is 8.06. The first-order chi connectivity index (χ1) is 17.2. The summed E-state index contributed by atoms with van der Waals surface area (Å²) in [4.78, 5) is 36.7. The van der Waals surface area contributed by atoms with Crippen LogP contribution in [0.15, 0.2) is 51.7 Å². The fourth-order valence-corrected chi connectivity index (χ4v) is 5.21. The van der Waals surface area contributed by atoms with Gasteiger partial charge in [-0.1, -0.05) is 44.2 Å². The minimum atomic E-state index is -0.648. The van der Waals surface area contributed by atoms with Gasteiger partial charge in [0.05, 0.1) is 17.8 Å². The van der Waals surface area contributed by atoms with Crippen LogP contribution >= 0.6 is 11.8 Å². The van der Waals surface area contributed by atoms with Crippen LogP contribution in [0.4, 0.5) is 0 Å². The lowest BCUT2D eigenvalue weighted by molar-refractivity contribution is -0.126. The van der Waals surface area contributed by atoms with Crippen LogP contribution in [0.1, 0.15) is 45.2 Å². The summed E-state index contributed by atoms with van der Waals surface area (Å²) in [5, 5.41) is 13.9. The lowest BCUT2D eigenvalue weighted by atomic mass is 10.0. The molecule has 2 aliphatic rings. The number of benzene rings is 1. The smallest absolute Gasteiger partial charge is 0.272 e. The Kier molecular flexibility index (Phi) is 10.0. The Morgan fingerprint density at radius 1 is 1.33 bits per heavy atom. The van der Waals surface area contributed by atoms with Crippen molar-refractivity contribution in [3.05, 3.63) is 52.9 Å². The van der Waals surface area contributed by atoms with Crippen molar-refractivity contribution in [3.63, 3.8) is 0 Å². The maximum atomic E-state index is 13.4. The number of rotatable bonds is 9. The molecule has 0 spiro atoms. The van der Waals surface area contributed by atoms with E-state index in [2.05, 4.69) is 39.6 Å². The van der Waals surface area contributed by atoms with Crippen molar-refractivity contribution in [2.75, 3.05) is 26.0 Å². The fraction of sp³-hybridized carbons (Fsp3) is 0.481. The van der Waals surface area contributed by atoms with Gasteiger partial charge in [-0.15, -0.1) is 11.8 Å². The van der Waals surface area contributed by atoms with Crippen molar-refractivity contribution in [1.82, 2.24) is 10.2 Å². The summed E-state index contributed by atoms with van der Waals surface area (Å²) >= 11 is 1.79. The molecule has 2 atom stereocenters. The number of thioether (sulfide) groups is 1. The maximum absolute atomic E-state index is 13.4. The van der Waals surface area contributed by atoms with Crippen LogP contribution in [0.2, 0.25) is 0 Å². The quantitative estimate of drug-likeness (QED) is 0.492. The summed E-state index contributed by atoms with van der Waals surface area (Å²) in [7, 11) is 1.41. The molecule has 1 aromatic rings. The molecule has 0 aliphatic carbocycles. The average Bonchev–Trinajstić information content (AvgIpc) is 3.24. The molecule has 8 nitrogen and oxygen atoms in total. The van der Waals surface area contributed by atoms with E-state index in [0.29, 0.717) is 13.0 Å². The van der Waals surface area contributed by atoms with E-state index in [9.17, 15) is 14.7 Å². The van der Waals surface area contributed by atoms with Crippen molar-refractivity contribution in [2.24, 2.45) is 15.9 Å². The van der Waals surface area contributed by atoms with E-state index in [4.69, 9.17) is 4.74 Å². The highest BCUT2D eigenvalue weighted by molar-refractivity contribution is 8.08. The molecule has 2 N–H and O–H groups in total. The van der Waals surface area contributed by atoms with Crippen molar-refractivity contribution >= 4 is 40.4 Å². The van der Waals surface area contributed by atoms with Crippen LogP contribution in [0.5, 0.6) is 0 Å². The van der Waals surface area contributed by atoms with Gasteiger partial charge in [0.15, 0.2) is 0 Å². The van der Waals surface area contributed by atoms with Crippen molar-refractivity contribution in [1.29, 1.82) is 0 Å².